The van der Waals surface area contributed by atoms with Crippen molar-refractivity contribution < 1.29 is 13.2 Å². The molecule has 0 unspecified atom stereocenters. The third kappa shape index (κ3) is 5.53. The fraction of sp³-hybridized carbons (Fsp3) is 0.500. The van der Waals surface area contributed by atoms with E-state index in [9.17, 15) is 13.2 Å². The molecule has 0 aromatic carbocycles. The number of hydrogen-bond acceptors (Lipinski definition) is 0. The van der Waals surface area contributed by atoms with Crippen LogP contribution in [0.4, 0.5) is 13.2 Å². The molecule has 41 valence electrons. The van der Waals surface area contributed by atoms with E-state index in [-0.39, 0.29) is 0 Å². The molecule has 3 heteroatoms. The first-order valence-electron chi connectivity index (χ1n) is 1.66. The summed E-state index contributed by atoms with van der Waals surface area (Å²) in [5.41, 5.74) is 0. The van der Waals surface area contributed by atoms with Crippen LogP contribution in [-0.2, 0) is 0 Å². The largest absolute Gasteiger partial charge is 0.392 e. The van der Waals surface area contributed by atoms with Crippen LogP contribution in [0, 0.1) is 6.58 Å². The summed E-state index contributed by atoms with van der Waals surface area (Å²) in [6, 6.07) is 0. The van der Waals surface area contributed by atoms with E-state index in [0.717, 1.165) is 0 Å². The second kappa shape index (κ2) is 2.00. The lowest BCUT2D eigenvalue weighted by molar-refractivity contribution is -0.125. The Kier molecular flexibility index (Phi) is 1.87. The summed E-state index contributed by atoms with van der Waals surface area (Å²) in [5, 5.41) is 0. The normalized spacial score (nSPS) is 11.3. The van der Waals surface area contributed by atoms with Gasteiger partial charge in [-0.25, -0.2) is 0 Å². The first-order chi connectivity index (χ1) is 3.06. The van der Waals surface area contributed by atoms with Crippen molar-refractivity contribution in [3.8, 4) is 0 Å². The van der Waals surface area contributed by atoms with Gasteiger partial charge in [0.2, 0.25) is 0 Å². The van der Waals surface area contributed by atoms with Gasteiger partial charge in [0.1, 0.15) is 0 Å². The van der Waals surface area contributed by atoms with Crippen molar-refractivity contribution in [2.24, 2.45) is 0 Å². The molecule has 1 radical (unpaired) electrons. The second-order valence-corrected chi connectivity index (χ2v) is 1.06. The summed E-state index contributed by atoms with van der Waals surface area (Å²) in [4.78, 5) is 0. The summed E-state index contributed by atoms with van der Waals surface area (Å²) >= 11 is 0. The first kappa shape index (κ1) is 6.53. The molecular formula is C4H4F3. The highest BCUT2D eigenvalue weighted by Gasteiger charge is 2.23. The van der Waals surface area contributed by atoms with Gasteiger partial charge >= 0.3 is 6.18 Å². The van der Waals surface area contributed by atoms with Crippen LogP contribution in [0.2, 0.25) is 0 Å². The zero-order valence-corrected chi connectivity index (χ0v) is 3.50. The van der Waals surface area contributed by atoms with Gasteiger partial charge < -0.3 is 0 Å². The molecule has 0 aromatic heterocycles. The molecule has 0 N–H and O–H groups in total. The first-order valence-corrected chi connectivity index (χ1v) is 1.66. The zero-order valence-electron chi connectivity index (χ0n) is 3.50. The molecule has 0 heterocycles. The van der Waals surface area contributed by atoms with Crippen molar-refractivity contribution in [3.63, 3.8) is 0 Å². The van der Waals surface area contributed by atoms with E-state index in [0.29, 0.717) is 6.08 Å². The molecule has 0 saturated heterocycles. The summed E-state index contributed by atoms with van der Waals surface area (Å²) in [5.74, 6) is 0. The van der Waals surface area contributed by atoms with E-state index in [1.807, 2.05) is 0 Å². The molecule has 0 aliphatic heterocycles. The molecule has 0 bridgehead atoms. The molecule has 0 atom stereocenters. The van der Waals surface area contributed by atoms with Gasteiger partial charge in [-0.3, -0.25) is 0 Å². The molecule has 0 amide bonds. The van der Waals surface area contributed by atoms with Crippen LogP contribution in [0.5, 0.6) is 0 Å². The molecule has 0 aliphatic rings. The lowest BCUT2D eigenvalue weighted by atomic mass is 10.4. The van der Waals surface area contributed by atoms with Gasteiger partial charge in [-0.15, -0.1) is 0 Å². The molecule has 0 saturated carbocycles. The van der Waals surface area contributed by atoms with Crippen molar-refractivity contribution >= 4 is 0 Å². The lowest BCUT2D eigenvalue weighted by Crippen LogP contribution is -2.03. The topological polar surface area (TPSA) is 0 Å². The Bertz CT molecular complexity index is 61.8. The van der Waals surface area contributed by atoms with Crippen LogP contribution in [0.25, 0.3) is 0 Å². The minimum Gasteiger partial charge on any atom is -0.171 e. The molecule has 0 fully saturated rings. The Morgan fingerprint density at radius 2 is 1.86 bits per heavy atom. The van der Waals surface area contributed by atoms with Gasteiger partial charge in [0.25, 0.3) is 0 Å². The number of rotatable bonds is 1. The van der Waals surface area contributed by atoms with E-state index in [1.54, 1.807) is 0 Å². The van der Waals surface area contributed by atoms with Crippen LogP contribution in [0.3, 0.4) is 0 Å². The highest BCUT2D eigenvalue weighted by molar-refractivity contribution is 4.67. The van der Waals surface area contributed by atoms with Crippen LogP contribution in [0.15, 0.2) is 6.08 Å². The number of alkyl halides is 3. The Morgan fingerprint density at radius 3 is 1.86 bits per heavy atom. The molecular weight excluding hydrogens is 105 g/mol. The molecule has 0 spiro atoms. The Morgan fingerprint density at radius 1 is 1.43 bits per heavy atom. The average Bonchev–Trinajstić information content (AvgIpc) is 1.30. The average molecular weight is 109 g/mol. The minimum absolute atomic E-state index is 0.583. The van der Waals surface area contributed by atoms with Gasteiger partial charge in [0.05, 0.1) is 6.42 Å². The van der Waals surface area contributed by atoms with Crippen molar-refractivity contribution in [1.29, 1.82) is 0 Å². The minimum atomic E-state index is -4.13. The summed E-state index contributed by atoms with van der Waals surface area (Å²) < 4.78 is 32.8. The summed E-state index contributed by atoms with van der Waals surface area (Å²) in [7, 11) is 0. The molecule has 0 rings (SSSR count). The molecule has 7 heavy (non-hydrogen) atoms. The maximum absolute atomic E-state index is 10.9. The molecule has 0 nitrogen and oxygen atoms in total. The highest BCUT2D eigenvalue weighted by atomic mass is 19.4. The van der Waals surface area contributed by atoms with Crippen molar-refractivity contribution in [3.05, 3.63) is 12.7 Å². The van der Waals surface area contributed by atoms with Crippen LogP contribution in [0.1, 0.15) is 6.42 Å². The smallest absolute Gasteiger partial charge is 0.171 e. The van der Waals surface area contributed by atoms with Crippen molar-refractivity contribution in [2.45, 2.75) is 12.6 Å². The zero-order chi connectivity index (χ0) is 5.91. The van der Waals surface area contributed by atoms with E-state index in [1.165, 1.54) is 0 Å². The Balaban J connectivity index is 3.34. The fourth-order valence-corrected chi connectivity index (χ4v) is 0.134. The lowest BCUT2D eigenvalue weighted by Gasteiger charge is -1.97. The van der Waals surface area contributed by atoms with Crippen molar-refractivity contribution in [2.75, 3.05) is 0 Å². The number of hydrogen-bond donors (Lipinski definition) is 0. The predicted octanol–water partition coefficient (Wildman–Crippen LogP) is 1.93. The molecule has 0 aliphatic carbocycles. The standard InChI is InChI=1S/C4H4F3/c1-2-3-4(5,6)7/h1-2H,3H2. The van der Waals surface area contributed by atoms with E-state index >= 15 is 0 Å². The number of halogens is 3. The maximum atomic E-state index is 10.9. The van der Waals surface area contributed by atoms with Crippen LogP contribution >= 0.6 is 0 Å². The Hall–Kier alpha value is -0.470. The fourth-order valence-electron chi connectivity index (χ4n) is 0.134. The summed E-state index contributed by atoms with van der Waals surface area (Å²) in [6.07, 6.45) is -4.55. The molecule has 0 aromatic rings. The van der Waals surface area contributed by atoms with E-state index in [2.05, 4.69) is 6.58 Å². The highest BCUT2D eigenvalue weighted by Crippen LogP contribution is 2.18. The quantitative estimate of drug-likeness (QED) is 0.482. The maximum Gasteiger partial charge on any atom is 0.392 e. The van der Waals surface area contributed by atoms with E-state index in [4.69, 9.17) is 0 Å². The van der Waals surface area contributed by atoms with Gasteiger partial charge in [0, 0.05) is 0 Å². The van der Waals surface area contributed by atoms with Gasteiger partial charge in [-0.2, -0.15) is 13.2 Å². The van der Waals surface area contributed by atoms with Crippen molar-refractivity contribution in [1.82, 2.24) is 0 Å². The predicted molar refractivity (Wildman–Crippen MR) is 19.5 cm³/mol. The van der Waals surface area contributed by atoms with E-state index < -0.39 is 12.6 Å². The Labute approximate surface area is 39.6 Å². The van der Waals surface area contributed by atoms with Gasteiger partial charge in [-0.1, -0.05) is 12.7 Å². The third-order valence-electron chi connectivity index (χ3n) is 0.349. The number of allylic oxidation sites excluding steroid dienone is 1. The third-order valence-corrected chi connectivity index (χ3v) is 0.349. The SMILES string of the molecule is [CH]=CCC(F)(F)F. The van der Waals surface area contributed by atoms with Crippen LogP contribution in [-0.4, -0.2) is 6.18 Å². The van der Waals surface area contributed by atoms with Gasteiger partial charge in [-0.05, 0) is 0 Å². The van der Waals surface area contributed by atoms with Gasteiger partial charge in [0.15, 0.2) is 0 Å². The van der Waals surface area contributed by atoms with Crippen LogP contribution < -0.4 is 0 Å². The monoisotopic (exact) mass is 109 g/mol. The second-order valence-electron chi connectivity index (χ2n) is 1.06. The summed E-state index contributed by atoms with van der Waals surface area (Å²) in [6.45, 7) is 4.47.